The number of methoxy groups -OCH3 is 2. The van der Waals surface area contributed by atoms with Crippen LogP contribution < -0.4 is 35.8 Å². The molecule has 0 unspecified atom stereocenters. The molecule has 0 saturated carbocycles. The van der Waals surface area contributed by atoms with Crippen molar-refractivity contribution >= 4 is 86.4 Å². The van der Waals surface area contributed by atoms with E-state index in [2.05, 4.69) is 46.8 Å². The van der Waals surface area contributed by atoms with Gasteiger partial charge >= 0.3 is 18.5 Å². The second-order valence-electron chi connectivity index (χ2n) is 15.8. The van der Waals surface area contributed by atoms with E-state index in [0.717, 1.165) is 12.5 Å². The first-order valence-corrected chi connectivity index (χ1v) is 27.5. The van der Waals surface area contributed by atoms with Crippen molar-refractivity contribution in [3.63, 3.8) is 0 Å². The summed E-state index contributed by atoms with van der Waals surface area (Å²) in [7, 11) is -5.19. The molecule has 4 aromatic heterocycles. The predicted octanol–water partition coefficient (Wildman–Crippen LogP) is 6.78. The van der Waals surface area contributed by atoms with E-state index in [0.29, 0.717) is 89.8 Å². The molecule has 0 spiro atoms. The van der Waals surface area contributed by atoms with Crippen LogP contribution in [0.5, 0.6) is 23.0 Å². The number of rotatable bonds is 16. The number of nitrogens with zero attached hydrogens (tertiary/aromatic N) is 5. The van der Waals surface area contributed by atoms with Crippen molar-refractivity contribution in [3.8, 4) is 28.7 Å². The van der Waals surface area contributed by atoms with E-state index < -0.39 is 50.3 Å². The summed E-state index contributed by atoms with van der Waals surface area (Å²) in [4.78, 5) is 38.1. The third kappa shape index (κ3) is 17.1. The minimum atomic E-state index is -3.49. The van der Waals surface area contributed by atoms with E-state index in [1.54, 1.807) is 85.2 Å². The van der Waals surface area contributed by atoms with Crippen molar-refractivity contribution in [2.45, 2.75) is 25.9 Å². The monoisotopic (exact) mass is 1530 g/mol. The Morgan fingerprint density at radius 1 is 0.640 bits per heavy atom. The molecular formula is C50H57BBr2N6O12S2W2-2. The number of ether oxygens (including phenoxy) is 4. The van der Waals surface area contributed by atoms with Gasteiger partial charge in [0.25, 0.3) is 0 Å². The molecule has 25 heteroatoms. The molecule has 18 nitrogen and oxygen atoms in total. The number of para-hydroxylation sites is 1. The number of hydrogen-bond acceptors (Lipinski definition) is 14. The van der Waals surface area contributed by atoms with Crippen molar-refractivity contribution in [1.29, 1.82) is 0 Å². The Morgan fingerprint density at radius 3 is 1.53 bits per heavy atom. The Morgan fingerprint density at radius 2 is 1.09 bits per heavy atom. The SMILES string of the molecule is CCOc1cc([C@@H](CS(C)(=O)=O)n2c(=O)[nH]c3cc(Br)cnc32)ccc1OC.CCOc1cc([C@@H](CS(C)(=O)=O)n2c(=O)n(-c3ccccc3)c3cc(Br)cnc32)ccc1OC.OB(O)c1ccccc1.[CH3-].[CH3-].[W].[W]. The molecule has 402 valence electrons. The molecule has 0 radical (unpaired) electrons. The zero-order valence-corrected chi connectivity index (χ0v) is 52.9. The van der Waals surface area contributed by atoms with Gasteiger partial charge in [-0.15, -0.1) is 0 Å². The topological polar surface area (TPSA) is 236 Å². The molecule has 0 saturated heterocycles. The van der Waals surface area contributed by atoms with E-state index in [-0.39, 0.29) is 68.5 Å². The summed E-state index contributed by atoms with van der Waals surface area (Å²) in [6, 6.07) is 30.0. The van der Waals surface area contributed by atoms with E-state index in [9.17, 15) is 26.4 Å². The van der Waals surface area contributed by atoms with Gasteiger partial charge < -0.3 is 48.8 Å². The fraction of sp³-hybridized carbons (Fsp3) is 0.240. The Bertz CT molecular complexity index is 3480. The standard InChI is InChI=1S/C24H24BrN3O5S.C18H20BrN3O5S.C6H7BO2.2CH3.2W/c1-4-33-22-12-16(10-11-21(22)32-2)20(15-34(3,30)31)28-23-19(13-17(25)14-26-23)27(24(28)29)18-8-6-5-7-9-18;1-4-27-16-7-11(5-6-15(16)26-2)14(10-28(3,24)25)22-17-13(21-18(22)23)8-12(19)9-20-17;8-7(9)6-4-2-1-3-5-6;;;;/h5-14,20H,4,15H2,1-3H3;5-9,14H,4,10H2,1-3H3,(H,21,23);1-5,8-9H;2*1H3;;/q;;;2*-1;;/t20-;14-;;;;;/m11...../s1. The first-order chi connectivity index (χ1) is 33.8. The summed E-state index contributed by atoms with van der Waals surface area (Å²) in [6.07, 6.45) is 5.43. The van der Waals surface area contributed by atoms with Crippen LogP contribution in [0.1, 0.15) is 37.1 Å². The molecule has 75 heavy (non-hydrogen) atoms. The number of hydrogen-bond donors (Lipinski definition) is 3. The molecule has 2 atom stereocenters. The molecule has 0 amide bonds. The van der Waals surface area contributed by atoms with Crippen molar-refractivity contribution in [2.24, 2.45) is 0 Å². The van der Waals surface area contributed by atoms with Gasteiger partial charge in [-0.05, 0) is 111 Å². The van der Waals surface area contributed by atoms with Gasteiger partial charge in [-0.2, -0.15) is 0 Å². The number of nitrogens with one attached hydrogen (secondary N) is 1. The normalized spacial score (nSPS) is 11.6. The molecule has 4 heterocycles. The molecule has 3 N–H and O–H groups in total. The molecule has 8 rings (SSSR count). The zero-order valence-electron chi connectivity index (χ0n) is 42.2. The van der Waals surface area contributed by atoms with Gasteiger partial charge in [0.1, 0.15) is 19.7 Å². The molecule has 0 fully saturated rings. The average Bonchev–Trinajstić information content (AvgIpc) is 3.81. The average molecular weight is 1540 g/mol. The Hall–Kier alpha value is -4.86. The predicted molar refractivity (Wildman–Crippen MR) is 294 cm³/mol. The number of aromatic amines is 1. The van der Waals surface area contributed by atoms with Crippen LogP contribution in [-0.4, -0.2) is 114 Å². The number of imidazole rings is 2. The van der Waals surface area contributed by atoms with Gasteiger partial charge in [0.05, 0.1) is 67.7 Å². The van der Waals surface area contributed by atoms with E-state index in [1.807, 2.05) is 50.2 Å². The second-order valence-corrected chi connectivity index (χ2v) is 22.0. The number of aromatic nitrogens is 6. The summed E-state index contributed by atoms with van der Waals surface area (Å²) in [6.45, 7) is 4.50. The number of halogens is 2. The van der Waals surface area contributed by atoms with Gasteiger partial charge in [-0.3, -0.25) is 13.7 Å². The molecular weight excluding hydrogens is 1480 g/mol. The van der Waals surface area contributed by atoms with Crippen LogP contribution in [0.2, 0.25) is 0 Å². The van der Waals surface area contributed by atoms with E-state index in [4.69, 9.17) is 29.0 Å². The minimum absolute atomic E-state index is 0. The van der Waals surface area contributed by atoms with Crippen molar-refractivity contribution < 1.29 is 88.0 Å². The molecule has 0 aliphatic rings. The Kier molecular flexibility index (Phi) is 26.1. The van der Waals surface area contributed by atoms with Gasteiger partial charge in [-0.25, -0.2) is 36.4 Å². The summed E-state index contributed by atoms with van der Waals surface area (Å²) in [5.41, 5.74) is 3.35. The van der Waals surface area contributed by atoms with Crippen LogP contribution in [-0.2, 0) is 61.8 Å². The van der Waals surface area contributed by atoms with Gasteiger partial charge in [0.2, 0.25) is 0 Å². The third-order valence-corrected chi connectivity index (χ3v) is 13.3. The van der Waals surface area contributed by atoms with Gasteiger partial charge in [0.15, 0.2) is 34.3 Å². The largest absolute Gasteiger partial charge is 0.493 e. The molecule has 0 aliphatic carbocycles. The van der Waals surface area contributed by atoms with Gasteiger partial charge in [-0.1, -0.05) is 60.7 Å². The van der Waals surface area contributed by atoms with Crippen LogP contribution in [0.4, 0.5) is 0 Å². The zero-order chi connectivity index (χ0) is 51.6. The first kappa shape index (κ1) is 66.3. The number of fused-ring (bicyclic) bond motifs is 2. The van der Waals surface area contributed by atoms with Crippen LogP contribution >= 0.6 is 31.9 Å². The maximum Gasteiger partial charge on any atom is 0.488 e. The summed E-state index contributed by atoms with van der Waals surface area (Å²) in [5.74, 6) is 1.43. The van der Waals surface area contributed by atoms with Crippen LogP contribution in [0, 0.1) is 14.9 Å². The smallest absolute Gasteiger partial charge is 0.488 e. The maximum absolute atomic E-state index is 13.9. The molecule has 8 aromatic rings. The molecule has 0 bridgehead atoms. The van der Waals surface area contributed by atoms with E-state index >= 15 is 0 Å². The maximum atomic E-state index is 13.9. The molecule has 4 aromatic carbocycles. The van der Waals surface area contributed by atoms with Crippen LogP contribution in [0.15, 0.2) is 140 Å². The fourth-order valence-corrected chi connectivity index (χ4v) is 10.1. The second kappa shape index (κ2) is 29.6. The summed E-state index contributed by atoms with van der Waals surface area (Å²) in [5, 5.41) is 17.2. The number of sulfone groups is 2. The summed E-state index contributed by atoms with van der Waals surface area (Å²) >= 11 is 6.75. The third-order valence-electron chi connectivity index (χ3n) is 10.6. The summed E-state index contributed by atoms with van der Waals surface area (Å²) < 4.78 is 77.0. The first-order valence-electron chi connectivity index (χ1n) is 21.7. The number of H-pyrrole nitrogens is 1. The van der Waals surface area contributed by atoms with Crippen LogP contribution in [0.3, 0.4) is 0 Å². The van der Waals surface area contributed by atoms with Gasteiger partial charge in [0, 0.05) is 76.0 Å². The Labute approximate surface area is 482 Å². The quantitative estimate of drug-likeness (QED) is 0.0668. The number of benzene rings is 4. The minimum Gasteiger partial charge on any atom is -0.493 e. The fourth-order valence-electron chi connectivity index (χ4n) is 7.63. The van der Waals surface area contributed by atoms with Crippen molar-refractivity contribution in [3.05, 3.63) is 177 Å². The Balaban J connectivity index is 0.000000425. The van der Waals surface area contributed by atoms with Crippen molar-refractivity contribution in [1.82, 2.24) is 28.7 Å². The van der Waals surface area contributed by atoms with Crippen LogP contribution in [0.25, 0.3) is 28.0 Å². The van der Waals surface area contributed by atoms with Crippen molar-refractivity contribution in [2.75, 3.05) is 51.5 Å². The molecule has 0 aliphatic heterocycles. The van der Waals surface area contributed by atoms with E-state index in [1.165, 1.54) is 27.9 Å². The number of pyridine rings is 2.